The molecular weight excluding hydrogens is 1060 g/mol. The van der Waals surface area contributed by atoms with E-state index in [0.717, 1.165) is 60.4 Å². The molecule has 0 aliphatic carbocycles. The van der Waals surface area contributed by atoms with Crippen LogP contribution in [0.25, 0.3) is 26.8 Å². The van der Waals surface area contributed by atoms with Crippen LogP contribution < -0.4 is 20.7 Å². The molecule has 1 fully saturated rings. The number of nitrogens with zero attached hydrogens (tertiary/aromatic N) is 7. The Morgan fingerprint density at radius 1 is 0.810 bits per heavy atom. The van der Waals surface area contributed by atoms with Crippen molar-refractivity contribution in [3.05, 3.63) is 152 Å². The van der Waals surface area contributed by atoms with Crippen molar-refractivity contribution in [1.82, 2.24) is 45.6 Å². The molecule has 2 aliphatic heterocycles. The van der Waals surface area contributed by atoms with Gasteiger partial charge in [0.15, 0.2) is 17.4 Å². The zero-order valence-electron chi connectivity index (χ0n) is 45.7. The molecule has 20 heteroatoms. The average Bonchev–Trinajstić information content (AvgIpc) is 4.32. The third-order valence-corrected chi connectivity index (χ3v) is 16.8. The minimum absolute atomic E-state index is 0.0368. The summed E-state index contributed by atoms with van der Waals surface area (Å²) in [5, 5.41) is 32.3. The number of amides is 4. The highest BCUT2D eigenvalue weighted by molar-refractivity contribution is 7.15. The second-order valence-corrected chi connectivity index (χ2v) is 23.8. The molecule has 0 unspecified atom stereocenters. The smallest absolute Gasteiger partial charge is 0.246 e. The predicted octanol–water partition coefficient (Wildman–Crippen LogP) is 9.33. The van der Waals surface area contributed by atoms with Crippen LogP contribution in [0.5, 0.6) is 5.75 Å². The van der Waals surface area contributed by atoms with Crippen LogP contribution in [0.3, 0.4) is 0 Å². The number of benzene rings is 3. The van der Waals surface area contributed by atoms with Gasteiger partial charge >= 0.3 is 0 Å². The molecule has 412 valence electrons. The van der Waals surface area contributed by atoms with Gasteiger partial charge in [-0.15, -0.1) is 32.9 Å². The van der Waals surface area contributed by atoms with Crippen LogP contribution >= 0.6 is 34.3 Å². The third kappa shape index (κ3) is 12.8. The molecule has 6 atom stereocenters. The van der Waals surface area contributed by atoms with Crippen molar-refractivity contribution >= 4 is 63.6 Å². The standard InChI is InChI=1S/C59H65ClN10O7S2/c1-32-22-25-78-52(32)41-14-10-39(11-15-41)35(4)64-56(74)47-26-44(71)30-69(47)57(75)53(59(7,8)9)66-49(73)31-76-23-24-77-45-28-61-54(62-29-45)42-16-12-38(13-17-42)34(3)63-48(72)27-46-55-68-67-37(6)70(55)58-50(33(2)36(5)79-58)51(65-46)40-18-20-43(60)21-19-40/h10-22,25,28-29,34-35,44,46-47,53,71H,23-24,26-27,30-31H2,1-9H3,(H,63,72)(H,64,74)(H,66,73)/t34-,35-,44+,46-,47-,53+/m0/s1. The number of aliphatic imine (C=N–C) groups is 1. The van der Waals surface area contributed by atoms with Crippen molar-refractivity contribution in [1.29, 1.82) is 0 Å². The summed E-state index contributed by atoms with van der Waals surface area (Å²) in [6.07, 6.45) is 2.34. The largest absolute Gasteiger partial charge is 0.488 e. The lowest BCUT2D eigenvalue weighted by Crippen LogP contribution is -2.58. The van der Waals surface area contributed by atoms with Crippen molar-refractivity contribution in [2.24, 2.45) is 10.4 Å². The van der Waals surface area contributed by atoms with Crippen LogP contribution in [0, 0.1) is 33.1 Å². The molecule has 0 bridgehead atoms. The lowest BCUT2D eigenvalue weighted by Gasteiger charge is -2.35. The van der Waals surface area contributed by atoms with Crippen molar-refractivity contribution in [2.45, 2.75) is 111 Å². The summed E-state index contributed by atoms with van der Waals surface area (Å²) in [5.41, 5.74) is 7.92. The molecular formula is C59H65ClN10O7S2. The lowest BCUT2D eigenvalue weighted by atomic mass is 9.85. The molecule has 4 amide bonds. The van der Waals surface area contributed by atoms with Gasteiger partial charge in [-0.1, -0.05) is 93.0 Å². The molecule has 1 saturated heterocycles. The molecule has 2 aliphatic rings. The minimum atomic E-state index is -1.00. The van der Waals surface area contributed by atoms with E-state index >= 15 is 0 Å². The van der Waals surface area contributed by atoms with Gasteiger partial charge in [-0.05, 0) is 98.4 Å². The number of ether oxygens (including phenoxy) is 2. The van der Waals surface area contributed by atoms with Gasteiger partial charge < -0.3 is 35.4 Å². The molecule has 0 spiro atoms. The van der Waals surface area contributed by atoms with Gasteiger partial charge in [-0.2, -0.15) is 0 Å². The van der Waals surface area contributed by atoms with E-state index in [1.54, 1.807) is 35.1 Å². The predicted molar refractivity (Wildman–Crippen MR) is 307 cm³/mol. The number of aryl methyl sites for hydroxylation is 3. The van der Waals surface area contributed by atoms with Gasteiger partial charge in [0.2, 0.25) is 23.6 Å². The van der Waals surface area contributed by atoms with E-state index < -0.39 is 41.5 Å². The quantitative estimate of drug-likeness (QED) is 0.0594. The Hall–Kier alpha value is -7.16. The summed E-state index contributed by atoms with van der Waals surface area (Å²) in [6.45, 7) is 17.2. The number of hydrogen-bond donors (Lipinski definition) is 4. The van der Waals surface area contributed by atoms with E-state index in [0.29, 0.717) is 22.4 Å². The van der Waals surface area contributed by atoms with Crippen molar-refractivity contribution in [3.63, 3.8) is 0 Å². The van der Waals surface area contributed by atoms with Crippen LogP contribution in [0.15, 0.2) is 102 Å². The number of hydrogen-bond acceptors (Lipinski definition) is 14. The summed E-state index contributed by atoms with van der Waals surface area (Å²) >= 11 is 9.62. The monoisotopic (exact) mass is 1120 g/mol. The molecule has 0 saturated carbocycles. The minimum Gasteiger partial charge on any atom is -0.488 e. The molecule has 7 aromatic rings. The third-order valence-electron chi connectivity index (χ3n) is 14.3. The number of thiophene rings is 2. The Balaban J connectivity index is 0.735. The summed E-state index contributed by atoms with van der Waals surface area (Å²) < 4.78 is 13.5. The maximum Gasteiger partial charge on any atom is 0.246 e. The number of β-amino-alcohol motifs (C(OH)–C–C–N with tert-alkyl or cyclic N) is 1. The Labute approximate surface area is 472 Å². The normalized spacial score (nSPS) is 17.2. The van der Waals surface area contributed by atoms with E-state index in [1.165, 1.54) is 15.3 Å². The number of fused-ring (bicyclic) bond motifs is 3. The van der Waals surface area contributed by atoms with Gasteiger partial charge in [-0.25, -0.2) is 9.97 Å². The fraction of sp³-hybridized carbons (Fsp3) is 0.373. The number of aromatic nitrogens is 5. The van der Waals surface area contributed by atoms with Crippen molar-refractivity contribution < 1.29 is 33.8 Å². The number of nitrogens with one attached hydrogen (secondary N) is 3. The van der Waals surface area contributed by atoms with Gasteiger partial charge in [-0.3, -0.25) is 28.7 Å². The number of carbonyl (C=O) groups excluding carboxylic acids is 4. The molecule has 0 radical (unpaired) electrons. The van der Waals surface area contributed by atoms with Crippen molar-refractivity contribution in [3.8, 4) is 32.6 Å². The van der Waals surface area contributed by atoms with Crippen LogP contribution in [0.2, 0.25) is 5.02 Å². The Morgan fingerprint density at radius 2 is 1.46 bits per heavy atom. The summed E-state index contributed by atoms with van der Waals surface area (Å²) in [4.78, 5) is 72.8. The molecule has 3 aromatic carbocycles. The summed E-state index contributed by atoms with van der Waals surface area (Å²) in [5.74, 6) is 0.655. The summed E-state index contributed by atoms with van der Waals surface area (Å²) in [6, 6.07) is 22.2. The highest BCUT2D eigenvalue weighted by Gasteiger charge is 2.45. The first-order valence-electron chi connectivity index (χ1n) is 26.2. The number of rotatable bonds is 18. The second-order valence-electron chi connectivity index (χ2n) is 21.2. The van der Waals surface area contributed by atoms with Gasteiger partial charge in [0.25, 0.3) is 0 Å². The fourth-order valence-corrected chi connectivity index (χ4v) is 12.1. The van der Waals surface area contributed by atoms with Crippen LogP contribution in [0.1, 0.15) is 115 Å². The Morgan fingerprint density at radius 3 is 2.10 bits per heavy atom. The Kier molecular flexibility index (Phi) is 17.2. The van der Waals surface area contributed by atoms with Crippen LogP contribution in [-0.4, -0.2) is 109 Å². The van der Waals surface area contributed by atoms with Crippen molar-refractivity contribution in [2.75, 3.05) is 26.4 Å². The molecule has 9 rings (SSSR count). The van der Waals surface area contributed by atoms with Crippen LogP contribution in [0.4, 0.5) is 0 Å². The molecule has 79 heavy (non-hydrogen) atoms. The molecule has 4 N–H and O–H groups in total. The SMILES string of the molecule is Cc1ccsc1-c1ccc([C@H](C)NC(=O)[C@@H]2C[C@@H](O)CN2C(=O)[C@@H](NC(=O)COCCOc2cnc(-c3ccc([C@H](C)NC(=O)C[C@@H]4N=C(c5ccc(Cl)cc5)c5c(sc(C)c5C)-n5c(C)nnc54)cc3)nc2)C(C)(C)C)cc1. The number of aliphatic hydroxyl groups is 1. The van der Waals surface area contributed by atoms with Gasteiger partial charge in [0, 0.05) is 44.4 Å². The van der Waals surface area contributed by atoms with E-state index in [1.807, 2.05) is 119 Å². The molecule has 4 aromatic heterocycles. The van der Waals surface area contributed by atoms with E-state index in [9.17, 15) is 24.3 Å². The highest BCUT2D eigenvalue weighted by atomic mass is 35.5. The van der Waals surface area contributed by atoms with Gasteiger partial charge in [0.05, 0.1) is 49.3 Å². The number of likely N-dealkylation sites (tertiary alicyclic amines) is 1. The van der Waals surface area contributed by atoms with E-state index in [2.05, 4.69) is 68.3 Å². The number of halogens is 1. The fourth-order valence-electron chi connectivity index (χ4n) is 9.84. The maximum atomic E-state index is 14.1. The number of aliphatic hydroxyl groups excluding tert-OH is 1. The first-order valence-corrected chi connectivity index (χ1v) is 28.3. The first kappa shape index (κ1) is 56.6. The van der Waals surface area contributed by atoms with E-state index in [-0.39, 0.29) is 63.1 Å². The summed E-state index contributed by atoms with van der Waals surface area (Å²) in [7, 11) is 0. The average molecular weight is 1130 g/mol. The first-order chi connectivity index (χ1) is 37.7. The highest BCUT2D eigenvalue weighted by Crippen LogP contribution is 2.40. The number of carbonyl (C=O) groups is 4. The zero-order valence-corrected chi connectivity index (χ0v) is 48.1. The lowest BCUT2D eigenvalue weighted by molar-refractivity contribution is -0.144. The molecule has 17 nitrogen and oxygen atoms in total. The maximum absolute atomic E-state index is 14.1. The topological polar surface area (TPSA) is 215 Å². The van der Waals surface area contributed by atoms with E-state index in [4.69, 9.17) is 26.1 Å². The Bertz CT molecular complexity index is 3370. The van der Waals surface area contributed by atoms with Gasteiger partial charge in [0.1, 0.15) is 42.2 Å². The molecule has 6 heterocycles. The second kappa shape index (κ2) is 24.1. The van der Waals surface area contributed by atoms with Crippen LogP contribution in [-0.2, 0) is 23.9 Å². The zero-order chi connectivity index (χ0) is 56.3.